The molecule has 84 valence electrons. The van der Waals surface area contributed by atoms with Gasteiger partial charge in [0.1, 0.15) is 5.82 Å². The lowest BCUT2D eigenvalue weighted by molar-refractivity contribution is 0.564. The molecule has 1 aliphatic carbocycles. The van der Waals surface area contributed by atoms with Gasteiger partial charge in [-0.1, -0.05) is 13.8 Å². The third-order valence-electron chi connectivity index (χ3n) is 3.09. The van der Waals surface area contributed by atoms with Crippen molar-refractivity contribution in [1.29, 1.82) is 0 Å². The molecular formula is C12H21N3. The molecule has 0 radical (unpaired) electrons. The SMILES string of the molecule is CC(C)CCc1nc2c([nH]1)CC(N)CC2. The average molecular weight is 207 g/mol. The number of aryl methyl sites for hydroxylation is 2. The average Bonchev–Trinajstić information content (AvgIpc) is 2.56. The van der Waals surface area contributed by atoms with Gasteiger partial charge in [-0.05, 0) is 25.2 Å². The number of rotatable bonds is 3. The summed E-state index contributed by atoms with van der Waals surface area (Å²) in [4.78, 5) is 8.07. The van der Waals surface area contributed by atoms with E-state index in [1.165, 1.54) is 17.8 Å². The van der Waals surface area contributed by atoms with Crippen molar-refractivity contribution < 1.29 is 0 Å². The van der Waals surface area contributed by atoms with Crippen molar-refractivity contribution in [3.05, 3.63) is 17.2 Å². The minimum absolute atomic E-state index is 0.330. The molecule has 15 heavy (non-hydrogen) atoms. The summed E-state index contributed by atoms with van der Waals surface area (Å²) in [6.45, 7) is 4.50. The Labute approximate surface area is 91.5 Å². The molecule has 0 saturated heterocycles. The number of imidazole rings is 1. The molecule has 1 atom stereocenters. The Kier molecular flexibility index (Phi) is 3.10. The van der Waals surface area contributed by atoms with Crippen LogP contribution in [-0.4, -0.2) is 16.0 Å². The number of aromatic amines is 1. The number of nitrogens with one attached hydrogen (secondary N) is 1. The van der Waals surface area contributed by atoms with E-state index in [9.17, 15) is 0 Å². The number of H-pyrrole nitrogens is 1. The van der Waals surface area contributed by atoms with Crippen molar-refractivity contribution >= 4 is 0 Å². The van der Waals surface area contributed by atoms with E-state index < -0.39 is 0 Å². The Morgan fingerprint density at radius 1 is 1.53 bits per heavy atom. The summed E-state index contributed by atoms with van der Waals surface area (Å²) >= 11 is 0. The maximum absolute atomic E-state index is 5.93. The zero-order chi connectivity index (χ0) is 10.8. The van der Waals surface area contributed by atoms with E-state index in [4.69, 9.17) is 5.73 Å². The van der Waals surface area contributed by atoms with Crippen LogP contribution >= 0.6 is 0 Å². The lowest BCUT2D eigenvalue weighted by Gasteiger charge is -2.16. The van der Waals surface area contributed by atoms with E-state index in [1.54, 1.807) is 0 Å². The Morgan fingerprint density at radius 2 is 2.33 bits per heavy atom. The van der Waals surface area contributed by atoms with Crippen molar-refractivity contribution in [1.82, 2.24) is 9.97 Å². The van der Waals surface area contributed by atoms with Crippen LogP contribution in [0.4, 0.5) is 0 Å². The molecule has 0 fully saturated rings. The van der Waals surface area contributed by atoms with Gasteiger partial charge in [0.2, 0.25) is 0 Å². The van der Waals surface area contributed by atoms with Gasteiger partial charge in [0.05, 0.1) is 5.69 Å². The fourth-order valence-electron chi connectivity index (χ4n) is 2.11. The molecule has 1 heterocycles. The normalized spacial score (nSPS) is 20.7. The summed E-state index contributed by atoms with van der Waals surface area (Å²) in [5, 5.41) is 0. The Balaban J connectivity index is 2.03. The number of hydrogen-bond acceptors (Lipinski definition) is 2. The second-order valence-corrected chi connectivity index (χ2v) is 5.04. The van der Waals surface area contributed by atoms with Crippen molar-refractivity contribution in [3.8, 4) is 0 Å². The van der Waals surface area contributed by atoms with Gasteiger partial charge in [-0.3, -0.25) is 0 Å². The second kappa shape index (κ2) is 4.35. The molecule has 0 aromatic carbocycles. The molecule has 0 saturated carbocycles. The third-order valence-corrected chi connectivity index (χ3v) is 3.09. The maximum atomic E-state index is 5.93. The fourth-order valence-corrected chi connectivity index (χ4v) is 2.11. The first-order valence-electron chi connectivity index (χ1n) is 5.97. The van der Waals surface area contributed by atoms with E-state index in [1.807, 2.05) is 0 Å². The van der Waals surface area contributed by atoms with Crippen molar-refractivity contribution in [2.45, 2.75) is 52.0 Å². The molecule has 0 amide bonds. The summed E-state index contributed by atoms with van der Waals surface area (Å²) < 4.78 is 0. The van der Waals surface area contributed by atoms with Crippen LogP contribution in [0.15, 0.2) is 0 Å². The van der Waals surface area contributed by atoms with E-state index in [2.05, 4.69) is 23.8 Å². The van der Waals surface area contributed by atoms with Gasteiger partial charge in [-0.15, -0.1) is 0 Å². The van der Waals surface area contributed by atoms with Crippen LogP contribution in [0.25, 0.3) is 0 Å². The van der Waals surface area contributed by atoms with Crippen LogP contribution in [0, 0.1) is 5.92 Å². The smallest absolute Gasteiger partial charge is 0.106 e. The largest absolute Gasteiger partial charge is 0.346 e. The van der Waals surface area contributed by atoms with Gasteiger partial charge in [0.15, 0.2) is 0 Å². The molecule has 1 aliphatic rings. The first-order chi connectivity index (χ1) is 7.15. The van der Waals surface area contributed by atoms with E-state index in [0.29, 0.717) is 6.04 Å². The van der Waals surface area contributed by atoms with Crippen LogP contribution in [0.2, 0.25) is 0 Å². The van der Waals surface area contributed by atoms with Crippen molar-refractivity contribution in [2.75, 3.05) is 0 Å². The molecule has 0 spiro atoms. The monoisotopic (exact) mass is 207 g/mol. The topological polar surface area (TPSA) is 54.7 Å². The molecule has 1 aromatic heterocycles. The number of fused-ring (bicyclic) bond motifs is 1. The summed E-state index contributed by atoms with van der Waals surface area (Å²) in [7, 11) is 0. The molecule has 3 heteroatoms. The van der Waals surface area contributed by atoms with Crippen LogP contribution in [0.5, 0.6) is 0 Å². The Morgan fingerprint density at radius 3 is 3.07 bits per heavy atom. The first kappa shape index (κ1) is 10.7. The molecule has 1 unspecified atom stereocenters. The van der Waals surface area contributed by atoms with E-state index >= 15 is 0 Å². The van der Waals surface area contributed by atoms with Crippen molar-refractivity contribution in [3.63, 3.8) is 0 Å². The number of nitrogens with two attached hydrogens (primary N) is 1. The quantitative estimate of drug-likeness (QED) is 0.794. The number of hydrogen-bond donors (Lipinski definition) is 2. The predicted octanol–water partition coefficient (Wildman–Crippen LogP) is 1.81. The minimum Gasteiger partial charge on any atom is -0.346 e. The van der Waals surface area contributed by atoms with Gasteiger partial charge < -0.3 is 10.7 Å². The van der Waals surface area contributed by atoms with Crippen LogP contribution in [0.1, 0.15) is 43.9 Å². The lowest BCUT2D eigenvalue weighted by atomic mass is 9.97. The maximum Gasteiger partial charge on any atom is 0.106 e. The minimum atomic E-state index is 0.330. The second-order valence-electron chi connectivity index (χ2n) is 5.04. The zero-order valence-corrected chi connectivity index (χ0v) is 9.71. The molecule has 3 N–H and O–H groups in total. The highest BCUT2D eigenvalue weighted by atomic mass is 14.9. The summed E-state index contributed by atoms with van der Waals surface area (Å²) in [5.41, 5.74) is 8.48. The van der Waals surface area contributed by atoms with Crippen LogP contribution in [-0.2, 0) is 19.3 Å². The van der Waals surface area contributed by atoms with Crippen LogP contribution < -0.4 is 5.73 Å². The van der Waals surface area contributed by atoms with E-state index in [0.717, 1.165) is 37.4 Å². The fraction of sp³-hybridized carbons (Fsp3) is 0.750. The highest BCUT2D eigenvalue weighted by Crippen LogP contribution is 2.19. The van der Waals surface area contributed by atoms with E-state index in [-0.39, 0.29) is 0 Å². The van der Waals surface area contributed by atoms with Gasteiger partial charge in [0.25, 0.3) is 0 Å². The molecule has 1 aromatic rings. The molecule has 0 aliphatic heterocycles. The van der Waals surface area contributed by atoms with Gasteiger partial charge in [-0.2, -0.15) is 0 Å². The molecule has 0 bridgehead atoms. The highest BCUT2D eigenvalue weighted by Gasteiger charge is 2.19. The summed E-state index contributed by atoms with van der Waals surface area (Å²) in [5.74, 6) is 1.90. The Bertz CT molecular complexity index is 328. The Hall–Kier alpha value is -0.830. The summed E-state index contributed by atoms with van der Waals surface area (Å²) in [6, 6.07) is 0.330. The number of aromatic nitrogens is 2. The number of nitrogens with zero attached hydrogens (tertiary/aromatic N) is 1. The standard InChI is InChI=1S/C12H21N3/c1-8(2)3-6-12-14-10-5-4-9(13)7-11(10)15-12/h8-9H,3-7,13H2,1-2H3,(H,14,15). The van der Waals surface area contributed by atoms with Gasteiger partial charge in [-0.25, -0.2) is 4.98 Å². The molecule has 3 nitrogen and oxygen atoms in total. The predicted molar refractivity (Wildman–Crippen MR) is 61.7 cm³/mol. The van der Waals surface area contributed by atoms with Gasteiger partial charge >= 0.3 is 0 Å². The van der Waals surface area contributed by atoms with Gasteiger partial charge in [0, 0.05) is 24.6 Å². The summed E-state index contributed by atoms with van der Waals surface area (Å²) in [6.07, 6.45) is 5.39. The molecule has 2 rings (SSSR count). The molecular weight excluding hydrogens is 186 g/mol. The van der Waals surface area contributed by atoms with Crippen molar-refractivity contribution in [2.24, 2.45) is 11.7 Å². The first-order valence-corrected chi connectivity index (χ1v) is 5.97. The highest BCUT2D eigenvalue weighted by molar-refractivity contribution is 5.19. The zero-order valence-electron chi connectivity index (χ0n) is 9.71. The lowest BCUT2D eigenvalue weighted by Crippen LogP contribution is -2.27. The van der Waals surface area contributed by atoms with Crippen LogP contribution in [0.3, 0.4) is 0 Å². The third kappa shape index (κ3) is 2.59.